The van der Waals surface area contributed by atoms with Crippen molar-refractivity contribution in [2.24, 2.45) is 0 Å². The van der Waals surface area contributed by atoms with Crippen LogP contribution in [0, 0.1) is 0 Å². The standard InChI is InChI=1S/C38H56O13/c1-36(2,42-9)47-26(20-39)28(30-33(34(40-7)41-8)51-38(5,6)49-30)46-35-32(44-22-25-18-14-11-15-19-25)31-29(48-37(3,4)50-31)27(45-35)23-43-21-24-16-12-10-13-17-24/h10-19,26-35,39H,20-23H2,1-9H3/t26-,27-,28-,29+,30+,31+,32-,33-,35+/m1/s1. The summed E-state index contributed by atoms with van der Waals surface area (Å²) in [6, 6.07) is 19.7. The van der Waals surface area contributed by atoms with E-state index in [1.54, 1.807) is 27.7 Å². The fourth-order valence-electron chi connectivity index (χ4n) is 6.69. The zero-order chi connectivity index (χ0) is 36.8. The Balaban J connectivity index is 1.51. The van der Waals surface area contributed by atoms with Gasteiger partial charge >= 0.3 is 0 Å². The van der Waals surface area contributed by atoms with Crippen molar-refractivity contribution in [2.75, 3.05) is 34.5 Å². The number of hydrogen-bond donors (Lipinski definition) is 1. The van der Waals surface area contributed by atoms with Crippen LogP contribution in [0.5, 0.6) is 0 Å². The molecule has 286 valence electrons. The summed E-state index contributed by atoms with van der Waals surface area (Å²) >= 11 is 0. The van der Waals surface area contributed by atoms with Gasteiger partial charge in [0.05, 0.1) is 26.4 Å². The van der Waals surface area contributed by atoms with E-state index in [0.29, 0.717) is 6.61 Å². The molecule has 3 aliphatic rings. The van der Waals surface area contributed by atoms with Crippen molar-refractivity contribution in [1.29, 1.82) is 0 Å². The van der Waals surface area contributed by atoms with E-state index in [2.05, 4.69) is 0 Å². The first-order chi connectivity index (χ1) is 24.3. The van der Waals surface area contributed by atoms with E-state index in [-0.39, 0.29) is 13.2 Å². The van der Waals surface area contributed by atoms with Gasteiger partial charge in [-0.05, 0) is 52.7 Å². The maximum Gasteiger partial charge on any atom is 0.187 e. The van der Waals surface area contributed by atoms with Crippen LogP contribution in [0.4, 0.5) is 0 Å². The quantitative estimate of drug-likeness (QED) is 0.220. The molecule has 3 fully saturated rings. The Hall–Kier alpha value is -2.08. The Morgan fingerprint density at radius 2 is 1.33 bits per heavy atom. The molecule has 0 amide bonds. The van der Waals surface area contributed by atoms with Crippen LogP contribution in [0.2, 0.25) is 0 Å². The highest BCUT2D eigenvalue weighted by Crippen LogP contribution is 2.42. The van der Waals surface area contributed by atoms with Crippen LogP contribution in [0.3, 0.4) is 0 Å². The van der Waals surface area contributed by atoms with E-state index in [1.807, 2.05) is 74.5 Å². The molecule has 3 aliphatic heterocycles. The van der Waals surface area contributed by atoms with Crippen LogP contribution in [-0.2, 0) is 70.1 Å². The molecular weight excluding hydrogens is 664 g/mol. The van der Waals surface area contributed by atoms with E-state index in [1.165, 1.54) is 21.3 Å². The highest BCUT2D eigenvalue weighted by Gasteiger charge is 2.59. The Labute approximate surface area is 301 Å². The topological polar surface area (TPSA) is 131 Å². The van der Waals surface area contributed by atoms with Crippen LogP contribution < -0.4 is 0 Å². The maximum absolute atomic E-state index is 10.9. The highest BCUT2D eigenvalue weighted by molar-refractivity contribution is 5.14. The van der Waals surface area contributed by atoms with Gasteiger partial charge < -0.3 is 61.9 Å². The molecule has 0 spiro atoms. The molecule has 51 heavy (non-hydrogen) atoms. The van der Waals surface area contributed by atoms with E-state index in [9.17, 15) is 5.11 Å². The molecule has 0 bridgehead atoms. The lowest BCUT2D eigenvalue weighted by Gasteiger charge is -2.45. The zero-order valence-corrected chi connectivity index (χ0v) is 31.2. The van der Waals surface area contributed by atoms with Crippen LogP contribution >= 0.6 is 0 Å². The monoisotopic (exact) mass is 720 g/mol. The van der Waals surface area contributed by atoms with Crippen molar-refractivity contribution in [1.82, 2.24) is 0 Å². The number of aliphatic hydroxyl groups excluding tert-OH is 1. The average Bonchev–Trinajstić information content (AvgIpc) is 3.61. The maximum atomic E-state index is 10.9. The fraction of sp³-hybridized carbons (Fsp3) is 0.684. The van der Waals surface area contributed by atoms with Crippen molar-refractivity contribution in [3.63, 3.8) is 0 Å². The van der Waals surface area contributed by atoms with Crippen LogP contribution in [0.25, 0.3) is 0 Å². The lowest BCUT2D eigenvalue weighted by atomic mass is 9.97. The minimum absolute atomic E-state index is 0.177. The van der Waals surface area contributed by atoms with Gasteiger partial charge in [0.25, 0.3) is 0 Å². The van der Waals surface area contributed by atoms with Crippen LogP contribution in [-0.4, -0.2) is 118 Å². The second-order valence-electron chi connectivity index (χ2n) is 14.3. The molecule has 3 saturated heterocycles. The smallest absolute Gasteiger partial charge is 0.187 e. The van der Waals surface area contributed by atoms with Crippen LogP contribution in [0.15, 0.2) is 60.7 Å². The number of benzene rings is 2. The summed E-state index contributed by atoms with van der Waals surface area (Å²) in [7, 11) is 4.55. The molecule has 0 saturated carbocycles. The predicted molar refractivity (Wildman–Crippen MR) is 183 cm³/mol. The number of aliphatic hydroxyl groups is 1. The minimum atomic E-state index is -1.11. The molecular formula is C38H56O13. The van der Waals surface area contributed by atoms with Gasteiger partial charge in [0.1, 0.15) is 48.8 Å². The van der Waals surface area contributed by atoms with E-state index < -0.39 is 85.4 Å². The zero-order valence-electron chi connectivity index (χ0n) is 31.2. The second kappa shape index (κ2) is 17.4. The minimum Gasteiger partial charge on any atom is -0.394 e. The van der Waals surface area contributed by atoms with Gasteiger partial charge in [-0.2, -0.15) is 0 Å². The van der Waals surface area contributed by atoms with Crippen molar-refractivity contribution in [3.8, 4) is 0 Å². The summed E-state index contributed by atoms with van der Waals surface area (Å²) in [5.74, 6) is -3.12. The van der Waals surface area contributed by atoms with Gasteiger partial charge in [-0.25, -0.2) is 0 Å². The molecule has 13 nitrogen and oxygen atoms in total. The highest BCUT2D eigenvalue weighted by atomic mass is 16.8. The van der Waals surface area contributed by atoms with Gasteiger partial charge in [-0.3, -0.25) is 0 Å². The van der Waals surface area contributed by atoms with Gasteiger partial charge in [0.2, 0.25) is 0 Å². The molecule has 13 heteroatoms. The first kappa shape index (κ1) is 40.1. The third kappa shape index (κ3) is 10.3. The fourth-order valence-corrected chi connectivity index (χ4v) is 6.69. The van der Waals surface area contributed by atoms with Crippen molar-refractivity contribution in [2.45, 2.75) is 134 Å². The molecule has 0 radical (unpaired) electrons. The number of ether oxygens (including phenoxy) is 12. The first-order valence-corrected chi connectivity index (χ1v) is 17.5. The number of fused-ring (bicyclic) bond motifs is 1. The van der Waals surface area contributed by atoms with E-state index >= 15 is 0 Å². The summed E-state index contributed by atoms with van der Waals surface area (Å²) in [4.78, 5) is 0. The van der Waals surface area contributed by atoms with E-state index in [4.69, 9.17) is 56.8 Å². The summed E-state index contributed by atoms with van der Waals surface area (Å²) in [5, 5.41) is 10.9. The van der Waals surface area contributed by atoms with Gasteiger partial charge in [0.15, 0.2) is 29.9 Å². The average molecular weight is 721 g/mol. The molecule has 5 rings (SSSR count). The Kier molecular flexibility index (Phi) is 13.7. The van der Waals surface area contributed by atoms with Crippen LogP contribution in [0.1, 0.15) is 52.7 Å². The molecule has 2 aromatic carbocycles. The second-order valence-corrected chi connectivity index (χ2v) is 14.3. The molecule has 3 heterocycles. The summed E-state index contributed by atoms with van der Waals surface area (Å²) in [6.07, 6.45) is -8.20. The van der Waals surface area contributed by atoms with Crippen molar-refractivity contribution < 1.29 is 61.9 Å². The van der Waals surface area contributed by atoms with Gasteiger partial charge in [-0.15, -0.1) is 0 Å². The predicted octanol–water partition coefficient (Wildman–Crippen LogP) is 4.32. The number of rotatable bonds is 18. The lowest BCUT2D eigenvalue weighted by Crippen LogP contribution is -2.62. The lowest BCUT2D eigenvalue weighted by molar-refractivity contribution is -0.338. The molecule has 2 aromatic rings. The third-order valence-electron chi connectivity index (χ3n) is 9.09. The molecule has 0 unspecified atom stereocenters. The Morgan fingerprint density at radius 1 is 0.765 bits per heavy atom. The van der Waals surface area contributed by atoms with Crippen molar-refractivity contribution in [3.05, 3.63) is 71.8 Å². The largest absolute Gasteiger partial charge is 0.394 e. The molecule has 0 aliphatic carbocycles. The molecule has 1 N–H and O–H groups in total. The number of methoxy groups -OCH3 is 3. The van der Waals surface area contributed by atoms with Crippen molar-refractivity contribution >= 4 is 0 Å². The summed E-state index contributed by atoms with van der Waals surface area (Å²) in [6.45, 7) is 11.1. The van der Waals surface area contributed by atoms with Gasteiger partial charge in [0, 0.05) is 21.3 Å². The Bertz CT molecular complexity index is 1320. The summed E-state index contributed by atoms with van der Waals surface area (Å²) < 4.78 is 75.6. The van der Waals surface area contributed by atoms with Gasteiger partial charge in [-0.1, -0.05) is 60.7 Å². The first-order valence-electron chi connectivity index (χ1n) is 17.5. The molecule has 0 aromatic heterocycles. The number of hydrogen-bond acceptors (Lipinski definition) is 13. The Morgan fingerprint density at radius 3 is 1.92 bits per heavy atom. The molecule has 9 atom stereocenters. The third-order valence-corrected chi connectivity index (χ3v) is 9.09. The van der Waals surface area contributed by atoms with E-state index in [0.717, 1.165) is 11.1 Å². The summed E-state index contributed by atoms with van der Waals surface area (Å²) in [5.41, 5.74) is 1.97. The SMILES string of the molecule is COC(OC)[C@@H]1OC(C)(C)O[C@H]1[C@H](O[C@@H]1O[C@H](COCc2ccccc2)[C@@H]2OC(C)(C)O[C@@H]2[C@H]1OCc1ccccc1)[C@@H](CO)OC(C)(C)OC. The normalized spacial score (nSPS) is 30.0.